The van der Waals surface area contributed by atoms with E-state index in [2.05, 4.69) is 13.8 Å². The zero-order chi connectivity index (χ0) is 22.0. The quantitative estimate of drug-likeness (QED) is 0.179. The minimum absolute atomic E-state index is 0.0173. The van der Waals surface area contributed by atoms with Gasteiger partial charge in [-0.15, -0.1) is 0 Å². The highest BCUT2D eigenvalue weighted by Gasteiger charge is 2.42. The molecule has 30 heavy (non-hydrogen) atoms. The second-order valence-electron chi connectivity index (χ2n) is 8.99. The van der Waals surface area contributed by atoms with E-state index in [0.29, 0.717) is 6.61 Å². The molecule has 3 atom stereocenters. The summed E-state index contributed by atoms with van der Waals surface area (Å²) in [7, 11) is 0. The van der Waals surface area contributed by atoms with Crippen molar-refractivity contribution in [2.45, 2.75) is 135 Å². The number of primary amides is 1. The van der Waals surface area contributed by atoms with Crippen LogP contribution >= 0.6 is 0 Å². The molecule has 0 aromatic heterocycles. The maximum Gasteiger partial charge on any atom is 0.313 e. The standard InChI is InChI=1S/C25H47NO4/c1-3-5-7-9-10-11-12-13-14-16-21(29-19-18-24(26)27)20-23-22(25(28)30-23)17-15-8-6-4-2/h21-23H,3-20H2,1-2H3,(H2,26,27)/t21?,22-,23-/m0/s1. The Kier molecular flexibility index (Phi) is 15.8. The molecule has 5 nitrogen and oxygen atoms in total. The van der Waals surface area contributed by atoms with Gasteiger partial charge in [0, 0.05) is 12.8 Å². The molecule has 1 amide bonds. The molecule has 1 aliphatic rings. The molecule has 0 aromatic carbocycles. The summed E-state index contributed by atoms with van der Waals surface area (Å²) in [6.07, 6.45) is 19.3. The van der Waals surface area contributed by atoms with Gasteiger partial charge in [0.2, 0.25) is 5.91 Å². The van der Waals surface area contributed by atoms with E-state index in [0.717, 1.165) is 32.1 Å². The van der Waals surface area contributed by atoms with E-state index in [1.165, 1.54) is 70.6 Å². The average Bonchev–Trinajstić information content (AvgIpc) is 2.71. The topological polar surface area (TPSA) is 78.6 Å². The SMILES string of the molecule is CCCCCCCCCCCC(C[C@@H]1OC(=O)[C@H]1CCCCCC)OCCC(N)=O. The lowest BCUT2D eigenvalue weighted by atomic mass is 9.86. The Balaban J connectivity index is 2.29. The van der Waals surface area contributed by atoms with Crippen molar-refractivity contribution >= 4 is 11.9 Å². The maximum absolute atomic E-state index is 11.9. The number of nitrogens with two attached hydrogens (primary N) is 1. The monoisotopic (exact) mass is 425 g/mol. The molecule has 1 unspecified atom stereocenters. The van der Waals surface area contributed by atoms with E-state index < -0.39 is 0 Å². The van der Waals surface area contributed by atoms with Gasteiger partial charge in [0.1, 0.15) is 6.10 Å². The molecule has 0 bridgehead atoms. The van der Waals surface area contributed by atoms with Crippen molar-refractivity contribution in [1.82, 2.24) is 0 Å². The number of amides is 1. The Morgan fingerprint density at radius 2 is 1.50 bits per heavy atom. The van der Waals surface area contributed by atoms with E-state index in [1.807, 2.05) is 0 Å². The van der Waals surface area contributed by atoms with Crippen LogP contribution in [0.3, 0.4) is 0 Å². The Bertz CT molecular complexity index is 454. The molecule has 176 valence electrons. The van der Waals surface area contributed by atoms with Crippen LogP contribution in [0.15, 0.2) is 0 Å². The van der Waals surface area contributed by atoms with Gasteiger partial charge in [0.05, 0.1) is 18.6 Å². The third-order valence-corrected chi connectivity index (χ3v) is 6.21. The van der Waals surface area contributed by atoms with Crippen LogP contribution in [0.5, 0.6) is 0 Å². The predicted molar refractivity (Wildman–Crippen MR) is 122 cm³/mol. The number of rotatable bonds is 21. The Morgan fingerprint density at radius 1 is 0.933 bits per heavy atom. The molecule has 0 aliphatic carbocycles. The van der Waals surface area contributed by atoms with Crippen LogP contribution in [0.25, 0.3) is 0 Å². The van der Waals surface area contributed by atoms with Gasteiger partial charge in [-0.2, -0.15) is 0 Å². The second-order valence-corrected chi connectivity index (χ2v) is 8.99. The van der Waals surface area contributed by atoms with E-state index in [9.17, 15) is 9.59 Å². The summed E-state index contributed by atoms with van der Waals surface area (Å²) in [5.74, 6) is -0.344. The normalized spacial score (nSPS) is 19.3. The van der Waals surface area contributed by atoms with Crippen LogP contribution in [0.2, 0.25) is 0 Å². The van der Waals surface area contributed by atoms with Gasteiger partial charge in [-0.05, 0) is 12.8 Å². The summed E-state index contributed by atoms with van der Waals surface area (Å²) in [5, 5.41) is 0. The van der Waals surface area contributed by atoms with Crippen LogP contribution in [0.1, 0.15) is 123 Å². The minimum atomic E-state index is -0.333. The first-order valence-corrected chi connectivity index (χ1v) is 12.7. The fraction of sp³-hybridized carbons (Fsp3) is 0.920. The molecule has 1 fully saturated rings. The molecule has 1 rings (SSSR count). The molecular formula is C25H47NO4. The molecule has 0 aromatic rings. The van der Waals surface area contributed by atoms with Crippen LogP contribution in [-0.2, 0) is 19.1 Å². The molecule has 1 aliphatic heterocycles. The number of hydrogen-bond donors (Lipinski definition) is 1. The van der Waals surface area contributed by atoms with Crippen molar-refractivity contribution in [3.05, 3.63) is 0 Å². The average molecular weight is 426 g/mol. The molecule has 0 spiro atoms. The number of carbonyl (C=O) groups is 2. The van der Waals surface area contributed by atoms with Crippen LogP contribution < -0.4 is 5.73 Å². The molecule has 5 heteroatoms. The van der Waals surface area contributed by atoms with Crippen molar-refractivity contribution < 1.29 is 19.1 Å². The number of hydrogen-bond acceptors (Lipinski definition) is 4. The highest BCUT2D eigenvalue weighted by molar-refractivity contribution is 5.78. The van der Waals surface area contributed by atoms with Crippen molar-refractivity contribution in [3.63, 3.8) is 0 Å². The second kappa shape index (κ2) is 17.6. The lowest BCUT2D eigenvalue weighted by Gasteiger charge is -2.37. The number of carbonyl (C=O) groups excluding carboxylic acids is 2. The zero-order valence-electron chi connectivity index (χ0n) is 19.7. The predicted octanol–water partition coefficient (Wildman–Crippen LogP) is 6.07. The first-order chi connectivity index (χ1) is 14.6. The zero-order valence-corrected chi connectivity index (χ0v) is 19.7. The molecule has 1 saturated heterocycles. The van der Waals surface area contributed by atoms with Crippen LogP contribution in [-0.4, -0.2) is 30.7 Å². The van der Waals surface area contributed by atoms with Gasteiger partial charge in [-0.3, -0.25) is 9.59 Å². The summed E-state index contributed by atoms with van der Waals surface area (Å²) >= 11 is 0. The van der Waals surface area contributed by atoms with Gasteiger partial charge in [0.15, 0.2) is 0 Å². The van der Waals surface area contributed by atoms with Gasteiger partial charge in [0.25, 0.3) is 0 Å². The van der Waals surface area contributed by atoms with Gasteiger partial charge in [-0.1, -0.05) is 97.3 Å². The third-order valence-electron chi connectivity index (χ3n) is 6.21. The Hall–Kier alpha value is -1.10. The fourth-order valence-corrected chi connectivity index (χ4v) is 4.24. The Labute approximate surface area is 184 Å². The molecule has 0 radical (unpaired) electrons. The number of ether oxygens (including phenoxy) is 2. The van der Waals surface area contributed by atoms with Crippen LogP contribution in [0, 0.1) is 5.92 Å². The van der Waals surface area contributed by atoms with E-state index in [-0.39, 0.29) is 36.4 Å². The van der Waals surface area contributed by atoms with Gasteiger partial charge in [-0.25, -0.2) is 0 Å². The summed E-state index contributed by atoms with van der Waals surface area (Å²) in [6, 6.07) is 0. The third kappa shape index (κ3) is 12.6. The van der Waals surface area contributed by atoms with Crippen molar-refractivity contribution in [2.24, 2.45) is 11.7 Å². The molecular weight excluding hydrogens is 378 g/mol. The van der Waals surface area contributed by atoms with Crippen molar-refractivity contribution in [1.29, 1.82) is 0 Å². The maximum atomic E-state index is 11.9. The van der Waals surface area contributed by atoms with Crippen molar-refractivity contribution in [2.75, 3.05) is 6.61 Å². The number of cyclic esters (lactones) is 1. The lowest BCUT2D eigenvalue weighted by Crippen LogP contribution is -2.47. The first kappa shape index (κ1) is 26.9. The first-order valence-electron chi connectivity index (χ1n) is 12.7. The van der Waals surface area contributed by atoms with E-state index in [1.54, 1.807) is 0 Å². The van der Waals surface area contributed by atoms with E-state index in [4.69, 9.17) is 15.2 Å². The lowest BCUT2D eigenvalue weighted by molar-refractivity contribution is -0.189. The highest BCUT2D eigenvalue weighted by atomic mass is 16.6. The Morgan fingerprint density at radius 3 is 2.07 bits per heavy atom. The fourth-order valence-electron chi connectivity index (χ4n) is 4.24. The van der Waals surface area contributed by atoms with Gasteiger partial charge < -0.3 is 15.2 Å². The number of esters is 1. The summed E-state index contributed by atoms with van der Waals surface area (Å²) in [4.78, 5) is 22.9. The minimum Gasteiger partial charge on any atom is -0.461 e. The molecule has 0 saturated carbocycles. The van der Waals surface area contributed by atoms with Gasteiger partial charge >= 0.3 is 5.97 Å². The largest absolute Gasteiger partial charge is 0.461 e. The van der Waals surface area contributed by atoms with Crippen molar-refractivity contribution in [3.8, 4) is 0 Å². The van der Waals surface area contributed by atoms with Crippen LogP contribution in [0.4, 0.5) is 0 Å². The summed E-state index contributed by atoms with van der Waals surface area (Å²) < 4.78 is 11.4. The number of unbranched alkanes of at least 4 members (excludes halogenated alkanes) is 11. The molecule has 2 N–H and O–H groups in total. The summed E-state index contributed by atoms with van der Waals surface area (Å²) in [5.41, 5.74) is 5.25. The molecule has 1 heterocycles. The smallest absolute Gasteiger partial charge is 0.313 e. The van der Waals surface area contributed by atoms with E-state index >= 15 is 0 Å². The highest BCUT2D eigenvalue weighted by Crippen LogP contribution is 2.32. The summed E-state index contributed by atoms with van der Waals surface area (Å²) in [6.45, 7) is 4.81.